The van der Waals surface area contributed by atoms with Crippen molar-refractivity contribution in [1.82, 2.24) is 10.6 Å². The van der Waals surface area contributed by atoms with Gasteiger partial charge < -0.3 is 20.1 Å². The molecule has 0 unspecified atom stereocenters. The zero-order valence-electron chi connectivity index (χ0n) is 13.8. The van der Waals surface area contributed by atoms with E-state index in [-0.39, 0.29) is 0 Å². The van der Waals surface area contributed by atoms with E-state index in [0.29, 0.717) is 25.9 Å². The number of hydrogen-bond acceptors (Lipinski definition) is 3. The molecule has 0 radical (unpaired) electrons. The Bertz CT molecular complexity index is 264. The third kappa shape index (κ3) is 9.69. The molecule has 1 aliphatic carbocycles. The molecule has 0 bridgehead atoms. The van der Waals surface area contributed by atoms with Gasteiger partial charge in [0.05, 0.1) is 25.9 Å². The molecule has 0 aromatic heterocycles. The highest BCUT2D eigenvalue weighted by Gasteiger charge is 2.11. The van der Waals surface area contributed by atoms with E-state index in [1.165, 1.54) is 38.5 Å². The highest BCUT2D eigenvalue weighted by molar-refractivity contribution is 5.79. The van der Waals surface area contributed by atoms with Crippen LogP contribution in [0.5, 0.6) is 0 Å². The van der Waals surface area contributed by atoms with Gasteiger partial charge in [-0.1, -0.05) is 25.7 Å². The summed E-state index contributed by atoms with van der Waals surface area (Å²) < 4.78 is 11.3. The molecule has 1 aliphatic rings. The van der Waals surface area contributed by atoms with Crippen LogP contribution in [-0.2, 0) is 9.47 Å². The quantitative estimate of drug-likeness (QED) is 0.297. The largest absolute Gasteiger partial charge is 0.380 e. The summed E-state index contributed by atoms with van der Waals surface area (Å²) in [7, 11) is 0. The van der Waals surface area contributed by atoms with E-state index in [1.807, 2.05) is 6.92 Å². The van der Waals surface area contributed by atoms with Gasteiger partial charge in [0.2, 0.25) is 0 Å². The zero-order chi connectivity index (χ0) is 15.2. The Kier molecular flexibility index (Phi) is 11.2. The highest BCUT2D eigenvalue weighted by Crippen LogP contribution is 2.19. The van der Waals surface area contributed by atoms with Gasteiger partial charge in [0.25, 0.3) is 0 Å². The first-order valence-corrected chi connectivity index (χ1v) is 8.58. The predicted molar refractivity (Wildman–Crippen MR) is 87.9 cm³/mol. The highest BCUT2D eigenvalue weighted by atomic mass is 16.5. The summed E-state index contributed by atoms with van der Waals surface area (Å²) in [4.78, 5) is 4.53. The molecule has 0 saturated heterocycles. The lowest BCUT2D eigenvalue weighted by molar-refractivity contribution is 0.0487. The third-order valence-corrected chi connectivity index (χ3v) is 3.60. The number of ether oxygens (including phenoxy) is 2. The van der Waals surface area contributed by atoms with Gasteiger partial charge in [-0.15, -0.1) is 0 Å². The average Bonchev–Trinajstić information content (AvgIpc) is 2.76. The molecule has 0 spiro atoms. The van der Waals surface area contributed by atoms with E-state index in [0.717, 1.165) is 25.7 Å². The van der Waals surface area contributed by atoms with E-state index in [2.05, 4.69) is 22.5 Å². The monoisotopic (exact) mass is 299 g/mol. The molecular formula is C16H33N3O2. The molecule has 0 heterocycles. The first-order chi connectivity index (χ1) is 10.4. The minimum absolute atomic E-state index is 0.455. The number of nitrogens with zero attached hydrogens (tertiary/aromatic N) is 1. The van der Waals surface area contributed by atoms with Crippen LogP contribution in [0, 0.1) is 0 Å². The summed E-state index contributed by atoms with van der Waals surface area (Å²) in [6.45, 7) is 8.61. The molecule has 21 heavy (non-hydrogen) atoms. The third-order valence-electron chi connectivity index (χ3n) is 3.60. The summed E-state index contributed by atoms with van der Waals surface area (Å²) in [6.07, 6.45) is 8.26. The molecule has 0 aliphatic heterocycles. The van der Waals surface area contributed by atoms with Gasteiger partial charge in [0.15, 0.2) is 5.96 Å². The Morgan fingerprint density at radius 2 is 1.81 bits per heavy atom. The molecule has 5 heteroatoms. The summed E-state index contributed by atoms with van der Waals surface area (Å²) >= 11 is 0. The first kappa shape index (κ1) is 18.2. The van der Waals surface area contributed by atoms with Crippen LogP contribution in [0.4, 0.5) is 0 Å². The topological polar surface area (TPSA) is 54.9 Å². The van der Waals surface area contributed by atoms with Crippen molar-refractivity contribution in [2.75, 3.05) is 39.5 Å². The first-order valence-electron chi connectivity index (χ1n) is 8.58. The van der Waals surface area contributed by atoms with Crippen molar-refractivity contribution in [3.8, 4) is 0 Å². The second-order valence-corrected chi connectivity index (χ2v) is 5.37. The van der Waals surface area contributed by atoms with E-state index in [4.69, 9.17) is 9.47 Å². The Morgan fingerprint density at radius 1 is 1.05 bits per heavy atom. The summed E-state index contributed by atoms with van der Waals surface area (Å²) in [6, 6.07) is 0. The van der Waals surface area contributed by atoms with Gasteiger partial charge in [0.1, 0.15) is 0 Å². The molecule has 1 rings (SSSR count). The van der Waals surface area contributed by atoms with Crippen molar-refractivity contribution in [3.63, 3.8) is 0 Å². The molecule has 0 amide bonds. The smallest absolute Gasteiger partial charge is 0.191 e. The fraction of sp³-hybridized carbons (Fsp3) is 0.938. The zero-order valence-corrected chi connectivity index (χ0v) is 13.8. The lowest BCUT2D eigenvalue weighted by Crippen LogP contribution is -2.39. The van der Waals surface area contributed by atoms with Crippen LogP contribution in [-0.4, -0.2) is 51.5 Å². The van der Waals surface area contributed by atoms with Crippen LogP contribution < -0.4 is 10.6 Å². The molecule has 124 valence electrons. The predicted octanol–water partition coefficient (Wildman–Crippen LogP) is 2.32. The summed E-state index contributed by atoms with van der Waals surface area (Å²) in [5.74, 6) is 0.849. The van der Waals surface area contributed by atoms with Crippen LogP contribution in [0.25, 0.3) is 0 Å². The standard InChI is InChI=1S/C16H33N3O2/c1-3-17-16(18-11-13-20-4-2)19-12-14-21-15-9-7-5-6-8-10-15/h15H,3-14H2,1-2H3,(H2,17,18,19). The average molecular weight is 299 g/mol. The Balaban J connectivity index is 2.16. The van der Waals surface area contributed by atoms with Crippen molar-refractivity contribution in [1.29, 1.82) is 0 Å². The van der Waals surface area contributed by atoms with E-state index in [9.17, 15) is 0 Å². The van der Waals surface area contributed by atoms with E-state index in [1.54, 1.807) is 0 Å². The van der Waals surface area contributed by atoms with Gasteiger partial charge >= 0.3 is 0 Å². The van der Waals surface area contributed by atoms with Crippen molar-refractivity contribution in [2.24, 2.45) is 4.99 Å². The van der Waals surface area contributed by atoms with Crippen LogP contribution >= 0.6 is 0 Å². The molecule has 1 saturated carbocycles. The maximum absolute atomic E-state index is 5.95. The Hall–Kier alpha value is -0.810. The summed E-state index contributed by atoms with van der Waals surface area (Å²) in [5, 5.41) is 6.50. The summed E-state index contributed by atoms with van der Waals surface area (Å²) in [5.41, 5.74) is 0. The molecular weight excluding hydrogens is 266 g/mol. The molecule has 5 nitrogen and oxygen atoms in total. The van der Waals surface area contributed by atoms with Crippen molar-refractivity contribution in [2.45, 2.75) is 58.5 Å². The second-order valence-electron chi connectivity index (χ2n) is 5.37. The Labute approximate surface area is 129 Å². The van der Waals surface area contributed by atoms with Crippen LogP contribution in [0.1, 0.15) is 52.4 Å². The minimum Gasteiger partial charge on any atom is -0.380 e. The second kappa shape index (κ2) is 12.9. The van der Waals surface area contributed by atoms with Crippen molar-refractivity contribution >= 4 is 5.96 Å². The van der Waals surface area contributed by atoms with Crippen molar-refractivity contribution < 1.29 is 9.47 Å². The van der Waals surface area contributed by atoms with Gasteiger partial charge in [-0.05, 0) is 26.7 Å². The van der Waals surface area contributed by atoms with Gasteiger partial charge in [-0.25, -0.2) is 0 Å². The minimum atomic E-state index is 0.455. The number of aliphatic imine (C=N–C) groups is 1. The number of guanidine groups is 1. The maximum Gasteiger partial charge on any atom is 0.191 e. The number of nitrogens with one attached hydrogen (secondary N) is 2. The molecule has 1 fully saturated rings. The molecule has 0 aromatic rings. The van der Waals surface area contributed by atoms with Crippen LogP contribution in [0.3, 0.4) is 0 Å². The lowest BCUT2D eigenvalue weighted by Gasteiger charge is -2.15. The van der Waals surface area contributed by atoms with Gasteiger partial charge in [0, 0.05) is 19.7 Å². The molecule has 0 atom stereocenters. The van der Waals surface area contributed by atoms with Crippen LogP contribution in [0.2, 0.25) is 0 Å². The van der Waals surface area contributed by atoms with Crippen molar-refractivity contribution in [3.05, 3.63) is 0 Å². The fourth-order valence-electron chi connectivity index (χ4n) is 2.51. The fourth-order valence-corrected chi connectivity index (χ4v) is 2.51. The lowest BCUT2D eigenvalue weighted by atomic mass is 10.1. The van der Waals surface area contributed by atoms with E-state index < -0.39 is 0 Å². The number of hydrogen-bond donors (Lipinski definition) is 2. The van der Waals surface area contributed by atoms with Crippen LogP contribution in [0.15, 0.2) is 4.99 Å². The molecule has 2 N–H and O–H groups in total. The normalized spacial score (nSPS) is 17.5. The van der Waals surface area contributed by atoms with Gasteiger partial charge in [-0.2, -0.15) is 0 Å². The maximum atomic E-state index is 5.95. The SMILES string of the molecule is CCNC(=NCCOC1CCCCCC1)NCCOCC. The van der Waals surface area contributed by atoms with Gasteiger partial charge in [-0.3, -0.25) is 4.99 Å². The number of rotatable bonds is 9. The Morgan fingerprint density at radius 3 is 2.48 bits per heavy atom. The molecule has 0 aromatic carbocycles. The van der Waals surface area contributed by atoms with E-state index >= 15 is 0 Å².